The van der Waals surface area contributed by atoms with Gasteiger partial charge in [0.1, 0.15) is 15.6 Å². The molecule has 0 aromatic rings. The lowest BCUT2D eigenvalue weighted by molar-refractivity contribution is -0.126. The van der Waals surface area contributed by atoms with Crippen LogP contribution in [0, 0.1) is 17.3 Å². The molecule has 0 amide bonds. The van der Waals surface area contributed by atoms with Crippen molar-refractivity contribution in [3.05, 3.63) is 0 Å². The summed E-state index contributed by atoms with van der Waals surface area (Å²) in [6, 6.07) is 0. The highest BCUT2D eigenvalue weighted by molar-refractivity contribution is 7.91. The first kappa shape index (κ1) is 16.7. The lowest BCUT2D eigenvalue weighted by atomic mass is 9.68. The van der Waals surface area contributed by atoms with Crippen LogP contribution in [0.4, 0.5) is 0 Å². The first-order valence-corrected chi connectivity index (χ1v) is 9.21. The highest BCUT2D eigenvalue weighted by atomic mass is 32.2. The minimum Gasteiger partial charge on any atom is -0.299 e. The van der Waals surface area contributed by atoms with Crippen molar-refractivity contribution in [2.45, 2.75) is 59.8 Å². The van der Waals surface area contributed by atoms with E-state index in [1.165, 1.54) is 0 Å². The summed E-state index contributed by atoms with van der Waals surface area (Å²) >= 11 is 0. The fraction of sp³-hybridized carbons (Fsp3) is 0.933. The van der Waals surface area contributed by atoms with Gasteiger partial charge >= 0.3 is 0 Å². The van der Waals surface area contributed by atoms with E-state index >= 15 is 0 Å². The zero-order valence-electron chi connectivity index (χ0n) is 12.7. The zero-order chi connectivity index (χ0) is 14.7. The van der Waals surface area contributed by atoms with Crippen molar-refractivity contribution >= 4 is 15.6 Å². The van der Waals surface area contributed by atoms with E-state index in [2.05, 4.69) is 20.8 Å². The number of carbonyl (C=O) groups excluding carboxylic acids is 1. The van der Waals surface area contributed by atoms with Crippen LogP contribution >= 0.6 is 0 Å². The van der Waals surface area contributed by atoms with Crippen LogP contribution in [-0.2, 0) is 14.6 Å². The van der Waals surface area contributed by atoms with Crippen molar-refractivity contribution in [3.8, 4) is 0 Å². The number of sulfone groups is 1. The molecule has 1 rings (SSSR count). The largest absolute Gasteiger partial charge is 0.299 e. The van der Waals surface area contributed by atoms with Gasteiger partial charge in [0.25, 0.3) is 0 Å². The molecule has 0 radical (unpaired) electrons. The van der Waals surface area contributed by atoms with E-state index in [4.69, 9.17) is 0 Å². The fourth-order valence-electron chi connectivity index (χ4n) is 2.87. The van der Waals surface area contributed by atoms with Crippen molar-refractivity contribution in [2.75, 3.05) is 11.5 Å². The SMILES string of the molecule is CCS(=O)(=O)CCCC1CC(C(C)(C)C)CCC1=O. The molecule has 1 fully saturated rings. The summed E-state index contributed by atoms with van der Waals surface area (Å²) in [7, 11) is -2.89. The average Bonchev–Trinajstić information content (AvgIpc) is 2.30. The number of hydrogen-bond acceptors (Lipinski definition) is 3. The van der Waals surface area contributed by atoms with Crippen molar-refractivity contribution in [1.82, 2.24) is 0 Å². The van der Waals surface area contributed by atoms with Gasteiger partial charge in [0.15, 0.2) is 0 Å². The van der Waals surface area contributed by atoms with Gasteiger partial charge in [0, 0.05) is 18.1 Å². The molecule has 2 unspecified atom stereocenters. The summed E-state index contributed by atoms with van der Waals surface area (Å²) < 4.78 is 22.9. The van der Waals surface area contributed by atoms with Gasteiger partial charge < -0.3 is 0 Å². The van der Waals surface area contributed by atoms with Gasteiger partial charge in [-0.25, -0.2) is 8.42 Å². The molecule has 1 saturated carbocycles. The first-order chi connectivity index (χ1) is 8.65. The quantitative estimate of drug-likeness (QED) is 0.780. The molecular weight excluding hydrogens is 260 g/mol. The molecule has 4 heteroatoms. The summed E-state index contributed by atoms with van der Waals surface area (Å²) in [6.07, 6.45) is 3.97. The molecule has 1 aliphatic rings. The maximum Gasteiger partial charge on any atom is 0.150 e. The smallest absolute Gasteiger partial charge is 0.150 e. The molecule has 3 nitrogen and oxygen atoms in total. The molecule has 19 heavy (non-hydrogen) atoms. The molecule has 0 spiro atoms. The van der Waals surface area contributed by atoms with E-state index in [-0.39, 0.29) is 22.8 Å². The Hall–Kier alpha value is -0.380. The Kier molecular flexibility index (Phi) is 5.60. The van der Waals surface area contributed by atoms with E-state index < -0.39 is 9.84 Å². The summed E-state index contributed by atoms with van der Waals surface area (Å²) in [5.41, 5.74) is 0.244. The molecule has 1 aliphatic carbocycles. The fourth-order valence-corrected chi connectivity index (χ4v) is 3.77. The predicted molar refractivity (Wildman–Crippen MR) is 78.9 cm³/mol. The Labute approximate surface area is 118 Å². The molecule has 0 aliphatic heterocycles. The van der Waals surface area contributed by atoms with Crippen LogP contribution < -0.4 is 0 Å². The third kappa shape index (κ3) is 5.25. The Morgan fingerprint density at radius 2 is 1.89 bits per heavy atom. The number of ketones is 1. The van der Waals surface area contributed by atoms with Gasteiger partial charge in [-0.15, -0.1) is 0 Å². The maximum atomic E-state index is 11.9. The van der Waals surface area contributed by atoms with E-state index in [0.29, 0.717) is 24.5 Å². The Balaban J connectivity index is 2.50. The number of Topliss-reactive ketones (excluding diaryl/α,β-unsaturated/α-hetero) is 1. The van der Waals surface area contributed by atoms with Gasteiger partial charge in [-0.1, -0.05) is 27.7 Å². The van der Waals surface area contributed by atoms with Gasteiger partial charge in [-0.2, -0.15) is 0 Å². The van der Waals surface area contributed by atoms with Gasteiger partial charge in [0.05, 0.1) is 5.75 Å². The second kappa shape index (κ2) is 6.38. The predicted octanol–water partition coefficient (Wildman–Crippen LogP) is 3.23. The monoisotopic (exact) mass is 288 g/mol. The molecule has 112 valence electrons. The molecule has 0 N–H and O–H groups in total. The van der Waals surface area contributed by atoms with Gasteiger partial charge in [-0.3, -0.25) is 4.79 Å². The third-order valence-corrected chi connectivity index (χ3v) is 6.23. The average molecular weight is 288 g/mol. The lowest BCUT2D eigenvalue weighted by Crippen LogP contribution is -2.32. The topological polar surface area (TPSA) is 51.2 Å². The van der Waals surface area contributed by atoms with Crippen LogP contribution in [0.15, 0.2) is 0 Å². The van der Waals surface area contributed by atoms with Crippen LogP contribution in [0.3, 0.4) is 0 Å². The van der Waals surface area contributed by atoms with Crippen LogP contribution in [0.5, 0.6) is 0 Å². The Bertz CT molecular complexity index is 404. The second-order valence-corrected chi connectivity index (χ2v) is 9.35. The molecule has 0 saturated heterocycles. The Morgan fingerprint density at radius 3 is 2.42 bits per heavy atom. The summed E-state index contributed by atoms with van der Waals surface area (Å²) in [4.78, 5) is 11.9. The molecule has 2 atom stereocenters. The van der Waals surface area contributed by atoms with Crippen molar-refractivity contribution < 1.29 is 13.2 Å². The number of rotatable bonds is 5. The molecular formula is C15H28O3S. The zero-order valence-corrected chi connectivity index (χ0v) is 13.6. The summed E-state index contributed by atoms with van der Waals surface area (Å²) in [5.74, 6) is 1.45. The molecule has 0 aromatic heterocycles. The molecule has 0 bridgehead atoms. The van der Waals surface area contributed by atoms with Crippen LogP contribution in [0.25, 0.3) is 0 Å². The van der Waals surface area contributed by atoms with Gasteiger partial charge in [0.2, 0.25) is 0 Å². The van der Waals surface area contributed by atoms with E-state index in [1.54, 1.807) is 6.92 Å². The standard InChI is InChI=1S/C15H28O3S/c1-5-19(17,18)10-6-7-12-11-13(15(2,3)4)8-9-14(12)16/h12-13H,5-11H2,1-4H3. The van der Waals surface area contributed by atoms with E-state index in [1.807, 2.05) is 0 Å². The highest BCUT2D eigenvalue weighted by Gasteiger charge is 2.34. The van der Waals surface area contributed by atoms with Crippen molar-refractivity contribution in [2.24, 2.45) is 17.3 Å². The molecule has 0 aromatic carbocycles. The lowest BCUT2D eigenvalue weighted by Gasteiger charge is -2.37. The number of carbonyl (C=O) groups is 1. The summed E-state index contributed by atoms with van der Waals surface area (Å²) in [5, 5.41) is 0. The third-order valence-electron chi connectivity index (χ3n) is 4.44. The molecule has 0 heterocycles. The Morgan fingerprint density at radius 1 is 1.26 bits per heavy atom. The maximum absolute atomic E-state index is 11.9. The first-order valence-electron chi connectivity index (χ1n) is 7.39. The van der Waals surface area contributed by atoms with E-state index in [9.17, 15) is 13.2 Å². The van der Waals surface area contributed by atoms with Gasteiger partial charge in [-0.05, 0) is 37.0 Å². The van der Waals surface area contributed by atoms with Crippen LogP contribution in [-0.4, -0.2) is 25.7 Å². The number of hydrogen-bond donors (Lipinski definition) is 0. The van der Waals surface area contributed by atoms with Crippen molar-refractivity contribution in [1.29, 1.82) is 0 Å². The minimum atomic E-state index is -2.89. The normalized spacial score (nSPS) is 25.6. The highest BCUT2D eigenvalue weighted by Crippen LogP contribution is 2.40. The second-order valence-electron chi connectivity index (χ2n) is 6.88. The van der Waals surface area contributed by atoms with Crippen molar-refractivity contribution in [3.63, 3.8) is 0 Å². The summed E-state index contributed by atoms with van der Waals surface area (Å²) in [6.45, 7) is 8.36. The minimum absolute atomic E-state index is 0.0880. The van der Waals surface area contributed by atoms with Crippen LogP contribution in [0.1, 0.15) is 59.8 Å². The van der Waals surface area contributed by atoms with Crippen LogP contribution in [0.2, 0.25) is 0 Å². The van der Waals surface area contributed by atoms with E-state index in [0.717, 1.165) is 19.3 Å².